The maximum absolute atomic E-state index is 11.0. The summed E-state index contributed by atoms with van der Waals surface area (Å²) in [5, 5.41) is 0. The predicted molar refractivity (Wildman–Crippen MR) is 20.2 cm³/mol. The van der Waals surface area contributed by atoms with E-state index in [1.165, 1.54) is 0 Å². The summed E-state index contributed by atoms with van der Waals surface area (Å²) in [4.78, 5) is 0. The minimum Gasteiger partial charge on any atom is -0.459 e. The molecule has 0 N–H and O–H groups in total. The van der Waals surface area contributed by atoms with Crippen LogP contribution in [0.1, 0.15) is 13.8 Å². The van der Waals surface area contributed by atoms with Crippen molar-refractivity contribution in [2.24, 2.45) is 5.92 Å². The first-order chi connectivity index (χ1) is 2.27. The summed E-state index contributed by atoms with van der Waals surface area (Å²) in [6, 6.07) is 0. The van der Waals surface area contributed by atoms with Gasteiger partial charge in [-0.25, -0.2) is 0 Å². The van der Waals surface area contributed by atoms with Crippen LogP contribution in [0.4, 0.5) is 4.39 Å². The zero-order valence-corrected chi connectivity index (χ0v) is 9.52. The van der Waals surface area contributed by atoms with Crippen molar-refractivity contribution in [2.45, 2.75) is 13.8 Å². The monoisotopic (exact) mass is 575 g/mol. The van der Waals surface area contributed by atoms with Gasteiger partial charge in [0.1, 0.15) is 0 Å². The normalized spacial score (nSPS) is 6.86. The molecule has 0 atom stereocenters. The maximum atomic E-state index is 11.0. The summed E-state index contributed by atoms with van der Waals surface area (Å²) in [5.74, 6) is 0.0926. The fourth-order valence-electron chi connectivity index (χ4n) is 0. The van der Waals surface area contributed by atoms with E-state index < -0.39 is 0 Å². The molecule has 0 aliphatic rings. The summed E-state index contributed by atoms with van der Waals surface area (Å²) >= 11 is 0. The Labute approximate surface area is 32.0 Å². The van der Waals surface area contributed by atoms with E-state index in [1.54, 1.807) is 13.8 Å². The molecule has 0 heterocycles. The van der Waals surface area contributed by atoms with Gasteiger partial charge in [0.25, 0.3) is 0 Å². The van der Waals surface area contributed by atoms with E-state index in [2.05, 4.69) is 0 Å². The Kier molecular flexibility index (Phi) is 26.5. The molecule has 0 aromatic heterocycles. The molecule has 0 rings (SSSR count). The van der Waals surface area contributed by atoms with E-state index in [9.17, 15) is 4.39 Å². The van der Waals surface area contributed by atoms with Gasteiger partial charge in [-0.15, -0.1) is 5.92 Å². The average molecular weight is 579 g/mol. The molecule has 0 aliphatic heterocycles. The van der Waals surface area contributed by atoms with E-state index in [4.69, 9.17) is 0 Å². The van der Waals surface area contributed by atoms with Crippen molar-refractivity contribution in [1.82, 2.24) is 0 Å². The van der Waals surface area contributed by atoms with Crippen LogP contribution in [0.5, 0.6) is 0 Å². The van der Waals surface area contributed by atoms with Crippen molar-refractivity contribution < 1.29 is 4.39 Å². The number of rotatable bonds is 1. The molecule has 52 valence electrons. The first-order valence-corrected chi connectivity index (χ1v) is 1.71. The first kappa shape index (κ1) is 20.4. The fraction of sp³-hybridized carbons (Fsp3) is 0.750. The minimum atomic E-state index is 0. The quantitative estimate of drug-likeness (QED) is 0.416. The van der Waals surface area contributed by atoms with Crippen molar-refractivity contribution in [3.63, 3.8) is 0 Å². The molecular weight excluding hydrogens is 571 g/mol. The van der Waals surface area contributed by atoms with Crippen LogP contribution in [-0.2, 0) is 0 Å². The molecule has 0 unspecified atom stereocenters. The maximum Gasteiger partial charge on any atom is 0 e. The van der Waals surface area contributed by atoms with Gasteiger partial charge in [-0.2, -0.15) is 6.67 Å². The van der Waals surface area contributed by atoms with Crippen LogP contribution in [-0.4, -0.2) is 0 Å². The summed E-state index contributed by atoms with van der Waals surface area (Å²) in [6.45, 7) is 4.25. The van der Waals surface area contributed by atoms with Gasteiger partial charge in [0.15, 0.2) is 0 Å². The van der Waals surface area contributed by atoms with E-state index >= 15 is 0 Å². The second-order valence-electron chi connectivity index (χ2n) is 1.37. The van der Waals surface area contributed by atoms with Gasteiger partial charge in [0.05, 0.1) is 0 Å². The van der Waals surface area contributed by atoms with Crippen LogP contribution in [0.25, 0.3) is 0 Å². The summed E-state index contributed by atoms with van der Waals surface area (Å²) in [7, 11) is 0. The number of hydrogen-bond donors (Lipinski definition) is 0. The number of halogens is 1. The number of hydrogen-bond acceptors (Lipinski definition) is 0. The van der Waals surface area contributed by atoms with Crippen molar-refractivity contribution in [2.75, 3.05) is 0 Å². The van der Waals surface area contributed by atoms with E-state index in [-0.39, 0.29) is 5.92 Å². The molecular formula is C4H8CmFFm-. The topological polar surface area (TPSA) is 0 Å². The van der Waals surface area contributed by atoms with Gasteiger partial charge in [-0.3, -0.25) is 0 Å². The third-order valence-corrected chi connectivity index (χ3v) is 0.252. The molecule has 0 aliphatic carbocycles. The van der Waals surface area contributed by atoms with Gasteiger partial charge < -0.3 is 4.39 Å². The van der Waals surface area contributed by atoms with Crippen LogP contribution >= 0.6 is 0 Å². The van der Waals surface area contributed by atoms with Crippen molar-refractivity contribution >= 4 is 0 Å². The molecule has 0 spiro atoms. The van der Waals surface area contributed by atoms with Gasteiger partial charge >= 0.3 is 0 Å². The Morgan fingerprint density at radius 1 is 1.43 bits per heavy atom. The zero-order chi connectivity index (χ0) is 4.28. The smallest absolute Gasteiger partial charge is 0 e. The van der Waals surface area contributed by atoms with Crippen LogP contribution < -0.4 is 0 Å². The molecule has 3 heteroatoms. The van der Waals surface area contributed by atoms with Crippen molar-refractivity contribution in [3.8, 4) is 0 Å². The molecule has 0 saturated carbocycles. The Hall–Kier alpha value is -2.07. The molecule has 0 bridgehead atoms. The SMILES string of the molecule is CC(C)[CH-]F.[Cm].[Fm]. The third kappa shape index (κ3) is 2990. The second-order valence-corrected chi connectivity index (χ2v) is 1.37. The molecule has 0 radical (unpaired) electrons. The minimum absolute atomic E-state index is 0. The molecule has 7 heavy (non-hydrogen) atoms. The fourth-order valence-corrected chi connectivity index (χ4v) is 0. The first-order valence-electron chi connectivity index (χ1n) is 1.71. The van der Waals surface area contributed by atoms with Crippen LogP contribution in [0.15, 0.2) is 0 Å². The Balaban J connectivity index is -0.0000000800. The summed E-state index contributed by atoms with van der Waals surface area (Å²) < 4.78 is 11.0. The molecule has 0 amide bonds. The van der Waals surface area contributed by atoms with Gasteiger partial charge in [-0.1, -0.05) is 13.8 Å². The van der Waals surface area contributed by atoms with Crippen LogP contribution in [0.3, 0.4) is 0 Å². The van der Waals surface area contributed by atoms with Gasteiger partial charge in [-0.05, 0) is 0 Å². The standard InChI is InChI=1S/C4H8F.Cm.Fm/c1-4(2)3-5;;/h3-4H,1-2H3;;/q-1;;. The Bertz CT molecular complexity index is 25.7. The van der Waals surface area contributed by atoms with E-state index in [0.717, 1.165) is 0 Å². The summed E-state index contributed by atoms with van der Waals surface area (Å²) in [6.07, 6.45) is 0. The van der Waals surface area contributed by atoms with Crippen molar-refractivity contribution in [3.05, 3.63) is 6.67 Å². The molecule has 0 saturated heterocycles. The Morgan fingerprint density at radius 2 is 1.57 bits per heavy atom. The van der Waals surface area contributed by atoms with Gasteiger partial charge in [0.2, 0.25) is 0 Å². The van der Waals surface area contributed by atoms with Crippen molar-refractivity contribution in [1.29, 1.82) is 0 Å². The molecule has 0 nitrogen and oxygen atoms in total. The molecule has 0 fully saturated rings. The van der Waals surface area contributed by atoms with E-state index in [1.807, 2.05) is 0 Å². The van der Waals surface area contributed by atoms with Crippen LogP contribution in [0, 0.1) is 12.6 Å². The van der Waals surface area contributed by atoms with E-state index in [0.29, 0.717) is 6.67 Å². The summed E-state index contributed by atoms with van der Waals surface area (Å²) in [5.41, 5.74) is 0. The molecule has 0 aromatic rings. The predicted octanol–water partition coefficient (Wildman–Crippen LogP) is 1.77. The second kappa shape index (κ2) is 9.06. The molecule has 0 aromatic carbocycles. The average Bonchev–Trinajstić information content (AvgIpc) is 1.38. The van der Waals surface area contributed by atoms with Gasteiger partial charge in [0, 0.05) is 0 Å². The third-order valence-electron chi connectivity index (χ3n) is 0.252. The Morgan fingerprint density at radius 3 is 1.57 bits per heavy atom. The zero-order valence-electron chi connectivity index (χ0n) is 4.17. The van der Waals surface area contributed by atoms with Crippen LogP contribution in [0.2, 0.25) is 0 Å². The largest absolute Gasteiger partial charge is 0.459 e.